The van der Waals surface area contributed by atoms with Gasteiger partial charge in [0, 0.05) is 24.5 Å². The van der Waals surface area contributed by atoms with Crippen molar-refractivity contribution in [3.05, 3.63) is 53.3 Å². The van der Waals surface area contributed by atoms with Gasteiger partial charge in [-0.25, -0.2) is 4.98 Å². The van der Waals surface area contributed by atoms with Gasteiger partial charge in [-0.3, -0.25) is 0 Å². The zero-order chi connectivity index (χ0) is 12.1. The number of pyridine rings is 1. The minimum Gasteiger partial charge on any atom is -0.489 e. The van der Waals surface area contributed by atoms with Crippen LogP contribution in [0.5, 0.6) is 5.75 Å². The lowest BCUT2D eigenvalue weighted by Gasteiger charge is -2.07. The molecule has 0 spiro atoms. The summed E-state index contributed by atoms with van der Waals surface area (Å²) in [5.41, 5.74) is 1.93. The fourth-order valence-electron chi connectivity index (χ4n) is 1.41. The van der Waals surface area contributed by atoms with Crippen LogP contribution in [0.25, 0.3) is 0 Å². The SMILES string of the molecule is CNc1ccc(OCc2cccnc2Cl)cc1. The Kier molecular flexibility index (Phi) is 3.83. The molecule has 2 rings (SSSR count). The summed E-state index contributed by atoms with van der Waals surface area (Å²) in [6, 6.07) is 11.5. The van der Waals surface area contributed by atoms with Gasteiger partial charge in [0.25, 0.3) is 0 Å². The number of hydrogen-bond donors (Lipinski definition) is 1. The first-order valence-corrected chi connectivity index (χ1v) is 5.67. The fourth-order valence-corrected chi connectivity index (χ4v) is 1.58. The molecule has 1 heterocycles. The van der Waals surface area contributed by atoms with E-state index >= 15 is 0 Å². The van der Waals surface area contributed by atoms with E-state index in [1.807, 2.05) is 43.4 Å². The summed E-state index contributed by atoms with van der Waals surface area (Å²) < 4.78 is 5.62. The molecule has 1 aromatic carbocycles. The molecular weight excluding hydrogens is 236 g/mol. The number of halogens is 1. The summed E-state index contributed by atoms with van der Waals surface area (Å²) in [5, 5.41) is 3.54. The molecule has 0 radical (unpaired) electrons. The van der Waals surface area contributed by atoms with Gasteiger partial charge in [-0.05, 0) is 30.3 Å². The molecule has 1 aromatic heterocycles. The number of benzene rings is 1. The molecule has 0 aliphatic heterocycles. The molecule has 0 atom stereocenters. The number of aromatic nitrogens is 1. The molecule has 4 heteroatoms. The van der Waals surface area contributed by atoms with Crippen LogP contribution in [0.2, 0.25) is 5.15 Å². The van der Waals surface area contributed by atoms with Crippen molar-refractivity contribution >= 4 is 17.3 Å². The van der Waals surface area contributed by atoms with Gasteiger partial charge in [0.15, 0.2) is 0 Å². The first kappa shape index (κ1) is 11.7. The van der Waals surface area contributed by atoms with Crippen molar-refractivity contribution < 1.29 is 4.74 Å². The van der Waals surface area contributed by atoms with Crippen molar-refractivity contribution in [2.75, 3.05) is 12.4 Å². The van der Waals surface area contributed by atoms with E-state index in [1.165, 1.54) is 0 Å². The van der Waals surface area contributed by atoms with Crippen molar-refractivity contribution in [1.82, 2.24) is 4.98 Å². The van der Waals surface area contributed by atoms with Gasteiger partial charge in [-0.2, -0.15) is 0 Å². The summed E-state index contributed by atoms with van der Waals surface area (Å²) in [7, 11) is 1.88. The molecule has 88 valence electrons. The maximum Gasteiger partial charge on any atom is 0.135 e. The van der Waals surface area contributed by atoms with Crippen molar-refractivity contribution in [1.29, 1.82) is 0 Å². The van der Waals surface area contributed by atoms with E-state index in [1.54, 1.807) is 6.20 Å². The van der Waals surface area contributed by atoms with Gasteiger partial charge in [-0.15, -0.1) is 0 Å². The monoisotopic (exact) mass is 248 g/mol. The summed E-state index contributed by atoms with van der Waals surface area (Å²) in [6.45, 7) is 0.422. The largest absolute Gasteiger partial charge is 0.489 e. The average molecular weight is 249 g/mol. The lowest BCUT2D eigenvalue weighted by Crippen LogP contribution is -1.97. The Labute approximate surface area is 105 Å². The van der Waals surface area contributed by atoms with E-state index < -0.39 is 0 Å². The quantitative estimate of drug-likeness (QED) is 0.843. The second-order valence-corrected chi connectivity index (χ2v) is 3.87. The van der Waals surface area contributed by atoms with Crippen LogP contribution >= 0.6 is 11.6 Å². The van der Waals surface area contributed by atoms with Crippen LogP contribution in [0.4, 0.5) is 5.69 Å². The number of nitrogens with zero attached hydrogens (tertiary/aromatic N) is 1. The third-order valence-corrected chi connectivity index (χ3v) is 2.71. The van der Waals surface area contributed by atoms with Crippen molar-refractivity contribution in [2.45, 2.75) is 6.61 Å². The van der Waals surface area contributed by atoms with Crippen molar-refractivity contribution in [3.63, 3.8) is 0 Å². The summed E-state index contributed by atoms with van der Waals surface area (Å²) >= 11 is 5.94. The van der Waals surface area contributed by atoms with Gasteiger partial charge in [0.1, 0.15) is 17.5 Å². The molecule has 1 N–H and O–H groups in total. The third-order valence-electron chi connectivity index (χ3n) is 2.37. The second kappa shape index (κ2) is 5.55. The van der Waals surface area contributed by atoms with E-state index in [2.05, 4.69) is 10.3 Å². The number of ether oxygens (including phenoxy) is 1. The average Bonchev–Trinajstić information content (AvgIpc) is 2.38. The van der Waals surface area contributed by atoms with E-state index in [9.17, 15) is 0 Å². The van der Waals surface area contributed by atoms with E-state index in [0.717, 1.165) is 17.0 Å². The molecule has 17 heavy (non-hydrogen) atoms. The first-order valence-electron chi connectivity index (χ1n) is 5.29. The molecule has 0 saturated heterocycles. The van der Waals surface area contributed by atoms with Gasteiger partial charge in [0.05, 0.1) is 0 Å². The predicted molar refractivity (Wildman–Crippen MR) is 69.6 cm³/mol. The smallest absolute Gasteiger partial charge is 0.135 e. The molecule has 0 fully saturated rings. The van der Waals surface area contributed by atoms with Gasteiger partial charge >= 0.3 is 0 Å². The molecule has 0 unspecified atom stereocenters. The number of hydrogen-bond acceptors (Lipinski definition) is 3. The van der Waals surface area contributed by atoms with Crippen LogP contribution in [0.15, 0.2) is 42.6 Å². The Morgan fingerprint density at radius 2 is 2.00 bits per heavy atom. The van der Waals surface area contributed by atoms with Gasteiger partial charge in [-0.1, -0.05) is 17.7 Å². The topological polar surface area (TPSA) is 34.1 Å². The molecule has 3 nitrogen and oxygen atoms in total. The van der Waals surface area contributed by atoms with Crippen LogP contribution in [0.1, 0.15) is 5.56 Å². The molecule has 0 aliphatic rings. The number of nitrogens with one attached hydrogen (secondary N) is 1. The van der Waals surface area contributed by atoms with Crippen LogP contribution in [-0.2, 0) is 6.61 Å². The molecule has 0 bridgehead atoms. The Hall–Kier alpha value is -1.74. The summed E-state index contributed by atoms with van der Waals surface area (Å²) in [6.07, 6.45) is 1.66. The molecule has 2 aromatic rings. The Morgan fingerprint density at radius 3 is 2.65 bits per heavy atom. The molecule has 0 amide bonds. The lowest BCUT2D eigenvalue weighted by molar-refractivity contribution is 0.306. The van der Waals surface area contributed by atoms with Crippen molar-refractivity contribution in [3.8, 4) is 5.75 Å². The zero-order valence-corrected chi connectivity index (χ0v) is 10.2. The highest BCUT2D eigenvalue weighted by atomic mass is 35.5. The summed E-state index contributed by atoms with van der Waals surface area (Å²) in [5.74, 6) is 0.809. The minimum atomic E-state index is 0.422. The fraction of sp³-hybridized carbons (Fsp3) is 0.154. The maximum absolute atomic E-state index is 5.94. The van der Waals surface area contributed by atoms with Crippen LogP contribution < -0.4 is 10.1 Å². The standard InChI is InChI=1S/C13H13ClN2O/c1-15-11-4-6-12(7-5-11)17-9-10-3-2-8-16-13(10)14/h2-8,15H,9H2,1H3. The highest BCUT2D eigenvalue weighted by Crippen LogP contribution is 2.18. The Bertz CT molecular complexity index is 485. The highest BCUT2D eigenvalue weighted by Gasteiger charge is 2.01. The normalized spacial score (nSPS) is 10.0. The first-order chi connectivity index (χ1) is 8.29. The van der Waals surface area contributed by atoms with Crippen molar-refractivity contribution in [2.24, 2.45) is 0 Å². The Balaban J connectivity index is 2.00. The van der Waals surface area contributed by atoms with Crippen LogP contribution in [0.3, 0.4) is 0 Å². The van der Waals surface area contributed by atoms with E-state index in [0.29, 0.717) is 11.8 Å². The van der Waals surface area contributed by atoms with E-state index in [4.69, 9.17) is 16.3 Å². The predicted octanol–water partition coefficient (Wildman–Crippen LogP) is 3.36. The number of anilines is 1. The van der Waals surface area contributed by atoms with Crippen LogP contribution in [-0.4, -0.2) is 12.0 Å². The Morgan fingerprint density at radius 1 is 1.24 bits per heavy atom. The van der Waals surface area contributed by atoms with Crippen LogP contribution in [0, 0.1) is 0 Å². The number of rotatable bonds is 4. The highest BCUT2D eigenvalue weighted by molar-refractivity contribution is 6.30. The minimum absolute atomic E-state index is 0.422. The lowest BCUT2D eigenvalue weighted by atomic mass is 10.3. The molecule has 0 saturated carbocycles. The second-order valence-electron chi connectivity index (χ2n) is 3.52. The van der Waals surface area contributed by atoms with Gasteiger partial charge < -0.3 is 10.1 Å². The van der Waals surface area contributed by atoms with Gasteiger partial charge in [0.2, 0.25) is 0 Å². The maximum atomic E-state index is 5.94. The molecular formula is C13H13ClN2O. The summed E-state index contributed by atoms with van der Waals surface area (Å²) in [4.78, 5) is 3.99. The molecule has 0 aliphatic carbocycles. The van der Waals surface area contributed by atoms with E-state index in [-0.39, 0.29) is 0 Å². The zero-order valence-electron chi connectivity index (χ0n) is 9.48. The third kappa shape index (κ3) is 3.11.